The molecule has 2 aromatic rings. The van der Waals surface area contributed by atoms with Crippen molar-refractivity contribution in [3.8, 4) is 11.4 Å². The van der Waals surface area contributed by atoms with Gasteiger partial charge in [-0.3, -0.25) is 0 Å². The summed E-state index contributed by atoms with van der Waals surface area (Å²) in [5.74, 6) is 0.978. The number of hydrogen-bond acceptors (Lipinski definition) is 4. The van der Waals surface area contributed by atoms with Gasteiger partial charge in [-0.05, 0) is 12.8 Å². The van der Waals surface area contributed by atoms with Crippen LogP contribution in [0.2, 0.25) is 5.15 Å². The second-order valence-corrected chi connectivity index (χ2v) is 4.00. The summed E-state index contributed by atoms with van der Waals surface area (Å²) in [6.45, 7) is 4.13. The van der Waals surface area contributed by atoms with Crippen LogP contribution in [0.1, 0.15) is 25.2 Å². The van der Waals surface area contributed by atoms with Crippen LogP contribution in [0, 0.1) is 0 Å². The molecule has 0 bridgehead atoms. The number of H-pyrrole nitrogens is 1. The van der Waals surface area contributed by atoms with E-state index in [-0.39, 0.29) is 0 Å². The molecule has 0 aliphatic rings. The molecule has 6 heteroatoms. The molecule has 0 atom stereocenters. The molecule has 90 valence electrons. The summed E-state index contributed by atoms with van der Waals surface area (Å²) in [6.07, 6.45) is 3.10. The number of nitrogen functional groups attached to an aromatic ring is 1. The molecule has 0 saturated carbocycles. The molecule has 0 radical (unpaired) electrons. The zero-order valence-electron chi connectivity index (χ0n) is 9.79. The van der Waals surface area contributed by atoms with Gasteiger partial charge in [-0.15, -0.1) is 0 Å². The molecule has 17 heavy (non-hydrogen) atoms. The van der Waals surface area contributed by atoms with Gasteiger partial charge in [-0.1, -0.05) is 25.4 Å². The second kappa shape index (κ2) is 4.71. The molecule has 2 heterocycles. The third-order valence-corrected chi connectivity index (χ3v) is 2.91. The van der Waals surface area contributed by atoms with Crippen molar-refractivity contribution >= 4 is 17.4 Å². The molecule has 3 N–H and O–H groups in total. The normalized spacial score (nSPS) is 10.8. The average Bonchev–Trinajstić information content (AvgIpc) is 2.72. The molecular formula is C11H14ClN5. The highest BCUT2D eigenvalue weighted by molar-refractivity contribution is 6.32. The van der Waals surface area contributed by atoms with Crippen molar-refractivity contribution in [2.45, 2.75) is 26.7 Å². The lowest BCUT2D eigenvalue weighted by Crippen LogP contribution is -1.97. The van der Waals surface area contributed by atoms with Gasteiger partial charge >= 0.3 is 0 Å². The number of nitrogens with zero attached hydrogens (tertiary/aromatic N) is 3. The summed E-state index contributed by atoms with van der Waals surface area (Å²) < 4.78 is 0. The van der Waals surface area contributed by atoms with E-state index in [1.165, 1.54) is 6.33 Å². The third kappa shape index (κ3) is 2.10. The first-order valence-corrected chi connectivity index (χ1v) is 5.89. The highest BCUT2D eigenvalue weighted by atomic mass is 35.5. The standard InChI is InChI=1S/C11H14ClN5/c1-3-6-7(4-2)17-11(16-6)8-9(12)14-5-15-10(8)13/h5H,3-4H2,1-2H3,(H,16,17)(H2,13,14,15). The lowest BCUT2D eigenvalue weighted by Gasteiger charge is -2.02. The SMILES string of the molecule is CCc1nc(-c2c(N)ncnc2Cl)[nH]c1CC. The van der Waals surface area contributed by atoms with Gasteiger partial charge in [0.15, 0.2) is 0 Å². The van der Waals surface area contributed by atoms with Crippen LogP contribution >= 0.6 is 11.6 Å². The first-order valence-electron chi connectivity index (χ1n) is 5.51. The molecule has 0 aromatic carbocycles. The van der Waals surface area contributed by atoms with Crippen molar-refractivity contribution in [2.24, 2.45) is 0 Å². The van der Waals surface area contributed by atoms with Crippen LogP contribution in [0.4, 0.5) is 5.82 Å². The van der Waals surface area contributed by atoms with Crippen LogP contribution in [-0.4, -0.2) is 19.9 Å². The van der Waals surface area contributed by atoms with Crippen LogP contribution in [0.3, 0.4) is 0 Å². The fourth-order valence-electron chi connectivity index (χ4n) is 1.74. The molecule has 0 amide bonds. The maximum atomic E-state index is 6.02. The van der Waals surface area contributed by atoms with Gasteiger partial charge in [0.05, 0.1) is 11.3 Å². The highest BCUT2D eigenvalue weighted by Gasteiger charge is 2.15. The Kier molecular flexibility index (Phi) is 3.28. The lowest BCUT2D eigenvalue weighted by atomic mass is 10.2. The summed E-state index contributed by atoms with van der Waals surface area (Å²) in [7, 11) is 0. The number of aromatic amines is 1. The quantitative estimate of drug-likeness (QED) is 0.820. The van der Waals surface area contributed by atoms with Gasteiger partial charge in [0, 0.05) is 5.69 Å². The maximum absolute atomic E-state index is 6.02. The summed E-state index contributed by atoms with van der Waals surface area (Å²) in [5.41, 5.74) is 8.50. The molecule has 2 aromatic heterocycles. The summed E-state index contributed by atoms with van der Waals surface area (Å²) >= 11 is 6.02. The number of rotatable bonds is 3. The molecular weight excluding hydrogens is 238 g/mol. The molecule has 0 fully saturated rings. The minimum Gasteiger partial charge on any atom is -0.383 e. The van der Waals surface area contributed by atoms with Crippen LogP contribution in [0.25, 0.3) is 11.4 Å². The molecule has 0 spiro atoms. The monoisotopic (exact) mass is 251 g/mol. The van der Waals surface area contributed by atoms with Gasteiger partial charge in [0.1, 0.15) is 23.1 Å². The van der Waals surface area contributed by atoms with E-state index in [0.29, 0.717) is 22.4 Å². The Morgan fingerprint density at radius 1 is 1.29 bits per heavy atom. The molecule has 2 rings (SSSR count). The Morgan fingerprint density at radius 2 is 2.06 bits per heavy atom. The molecule has 0 aliphatic heterocycles. The number of imidazole rings is 1. The van der Waals surface area contributed by atoms with E-state index in [1.807, 2.05) is 0 Å². The molecule has 0 unspecified atom stereocenters. The predicted octanol–water partition coefficient (Wildman–Crippen LogP) is 2.23. The number of aromatic nitrogens is 4. The third-order valence-electron chi connectivity index (χ3n) is 2.62. The average molecular weight is 252 g/mol. The van der Waals surface area contributed by atoms with Gasteiger partial charge in [0.25, 0.3) is 0 Å². The fraction of sp³-hybridized carbons (Fsp3) is 0.364. The fourth-order valence-corrected chi connectivity index (χ4v) is 1.97. The summed E-state index contributed by atoms with van der Waals surface area (Å²) in [4.78, 5) is 15.6. The topological polar surface area (TPSA) is 80.5 Å². The van der Waals surface area contributed by atoms with Crippen LogP contribution in [0.15, 0.2) is 6.33 Å². The zero-order chi connectivity index (χ0) is 12.4. The van der Waals surface area contributed by atoms with Crippen molar-refractivity contribution < 1.29 is 0 Å². The van der Waals surface area contributed by atoms with Crippen LogP contribution in [0.5, 0.6) is 0 Å². The van der Waals surface area contributed by atoms with E-state index in [2.05, 4.69) is 33.8 Å². The first-order chi connectivity index (χ1) is 8.17. The highest BCUT2D eigenvalue weighted by Crippen LogP contribution is 2.28. The predicted molar refractivity (Wildman–Crippen MR) is 67.8 cm³/mol. The van der Waals surface area contributed by atoms with E-state index in [9.17, 15) is 0 Å². The summed E-state index contributed by atoms with van der Waals surface area (Å²) in [5, 5.41) is 0.316. The zero-order valence-corrected chi connectivity index (χ0v) is 10.5. The Bertz CT molecular complexity index is 493. The molecule has 0 saturated heterocycles. The van der Waals surface area contributed by atoms with Crippen molar-refractivity contribution in [1.29, 1.82) is 0 Å². The number of hydrogen-bond donors (Lipinski definition) is 2. The van der Waals surface area contributed by atoms with Gasteiger partial charge in [0.2, 0.25) is 0 Å². The van der Waals surface area contributed by atoms with E-state index < -0.39 is 0 Å². The molecule has 5 nitrogen and oxygen atoms in total. The number of aryl methyl sites for hydroxylation is 2. The van der Waals surface area contributed by atoms with Gasteiger partial charge in [-0.2, -0.15) is 0 Å². The van der Waals surface area contributed by atoms with Gasteiger partial charge in [-0.25, -0.2) is 15.0 Å². The van der Waals surface area contributed by atoms with Crippen molar-refractivity contribution in [1.82, 2.24) is 19.9 Å². The minimum atomic E-state index is 0.316. The van der Waals surface area contributed by atoms with Gasteiger partial charge < -0.3 is 10.7 Å². The number of nitrogens with two attached hydrogens (primary N) is 1. The van der Waals surface area contributed by atoms with E-state index >= 15 is 0 Å². The smallest absolute Gasteiger partial charge is 0.145 e. The van der Waals surface area contributed by atoms with Crippen molar-refractivity contribution in [2.75, 3.05) is 5.73 Å². The Balaban J connectivity index is 2.57. The lowest BCUT2D eigenvalue weighted by molar-refractivity contribution is 0.979. The van der Waals surface area contributed by atoms with Crippen molar-refractivity contribution in [3.05, 3.63) is 22.9 Å². The second-order valence-electron chi connectivity index (χ2n) is 3.64. The Morgan fingerprint density at radius 3 is 2.59 bits per heavy atom. The van der Waals surface area contributed by atoms with E-state index in [1.54, 1.807) is 0 Å². The van der Waals surface area contributed by atoms with Crippen LogP contribution in [-0.2, 0) is 12.8 Å². The van der Waals surface area contributed by atoms with E-state index in [4.69, 9.17) is 17.3 Å². The van der Waals surface area contributed by atoms with E-state index in [0.717, 1.165) is 24.2 Å². The van der Waals surface area contributed by atoms with Crippen LogP contribution < -0.4 is 5.73 Å². The number of anilines is 1. The minimum absolute atomic E-state index is 0.316. The first kappa shape index (κ1) is 11.9. The maximum Gasteiger partial charge on any atom is 0.145 e. The Labute approximate surface area is 104 Å². The number of nitrogens with one attached hydrogen (secondary N) is 1. The Hall–Kier alpha value is -1.62. The van der Waals surface area contributed by atoms with Crippen molar-refractivity contribution in [3.63, 3.8) is 0 Å². The molecule has 0 aliphatic carbocycles. The number of halogens is 1. The summed E-state index contributed by atoms with van der Waals surface area (Å²) in [6, 6.07) is 0. The largest absolute Gasteiger partial charge is 0.383 e.